The average Bonchev–Trinajstić information content (AvgIpc) is 4.07. The van der Waals surface area contributed by atoms with Gasteiger partial charge in [0.15, 0.2) is 0 Å². The van der Waals surface area contributed by atoms with Gasteiger partial charge in [0.2, 0.25) is 0 Å². The molecule has 3 heterocycles. The van der Waals surface area contributed by atoms with Gasteiger partial charge in [0.1, 0.15) is 34.2 Å². The third-order valence-corrected chi connectivity index (χ3v) is 16.0. The third kappa shape index (κ3) is 5.05. The van der Waals surface area contributed by atoms with Gasteiger partial charge >= 0.3 is 0 Å². The smallest absolute Gasteiger partial charge is 0.136 e. The maximum absolute atomic E-state index is 6.77. The van der Waals surface area contributed by atoms with Crippen LogP contribution in [0.1, 0.15) is 44.5 Å². The van der Waals surface area contributed by atoms with E-state index in [1.165, 1.54) is 44.5 Å². The fourth-order valence-electron chi connectivity index (χ4n) is 13.3. The first-order valence-corrected chi connectivity index (χ1v) is 24.7. The molecule has 336 valence electrons. The van der Waals surface area contributed by atoms with Crippen molar-refractivity contribution in [2.75, 3.05) is 4.90 Å². The molecule has 0 amide bonds. The van der Waals surface area contributed by atoms with E-state index in [0.717, 1.165) is 95.4 Å². The van der Waals surface area contributed by atoms with Gasteiger partial charge in [-0.15, -0.1) is 0 Å². The Kier molecular flexibility index (Phi) is 7.99. The Morgan fingerprint density at radius 1 is 0.306 bits per heavy atom. The number of hydrogen-bond donors (Lipinski definition) is 0. The second-order valence-corrected chi connectivity index (χ2v) is 19.4. The summed E-state index contributed by atoms with van der Waals surface area (Å²) in [5.74, 6) is 3.49. The second kappa shape index (κ2) is 14.6. The van der Waals surface area contributed by atoms with E-state index >= 15 is 0 Å². The van der Waals surface area contributed by atoms with Crippen LogP contribution in [0.25, 0.3) is 55.3 Å². The Balaban J connectivity index is 0.978. The van der Waals surface area contributed by atoms with Crippen LogP contribution in [0.15, 0.2) is 253 Å². The summed E-state index contributed by atoms with van der Waals surface area (Å²) in [5.41, 5.74) is 20.3. The lowest BCUT2D eigenvalue weighted by molar-refractivity contribution is 0.436. The third-order valence-electron chi connectivity index (χ3n) is 16.0. The van der Waals surface area contributed by atoms with Crippen LogP contribution in [0.4, 0.5) is 17.1 Å². The minimum atomic E-state index is -0.639. The van der Waals surface area contributed by atoms with Crippen LogP contribution in [0, 0.1) is 0 Å². The summed E-state index contributed by atoms with van der Waals surface area (Å²) in [5, 5.41) is 2.24. The molecule has 16 rings (SSSR count). The van der Waals surface area contributed by atoms with Crippen molar-refractivity contribution in [1.29, 1.82) is 0 Å². The largest absolute Gasteiger partial charge is 0.457 e. The molecule has 0 saturated carbocycles. The number of ether oxygens (including phenoxy) is 2. The fourth-order valence-corrected chi connectivity index (χ4v) is 13.3. The number of hydrogen-bond acceptors (Lipinski definition) is 4. The van der Waals surface area contributed by atoms with Crippen LogP contribution < -0.4 is 14.4 Å². The van der Waals surface area contributed by atoms with Crippen LogP contribution in [0.2, 0.25) is 0 Å². The van der Waals surface area contributed by atoms with Crippen LogP contribution in [0.3, 0.4) is 0 Å². The number of para-hydroxylation sites is 5. The second-order valence-electron chi connectivity index (χ2n) is 19.4. The standard InChI is InChI=1S/C68H41NO3/c1-4-21-50-46(17-1)47-40-39-44(41-57(47)68(50)54-25-8-13-32-62(54)72-63-33-14-9-26-55(63)68)69(43-37-35-42(36-38-43)45-20-15-34-64-65(45)49-19-3-10-29-59(49)70-64)58-28-16-27-56-66(58)48-18-2-5-22-51(48)67(56)52-23-6-11-30-60(52)71-61-31-12-7-24-53(61)67/h1-41H. The predicted molar refractivity (Wildman–Crippen MR) is 289 cm³/mol. The highest BCUT2D eigenvalue weighted by molar-refractivity contribution is 6.12. The van der Waals surface area contributed by atoms with Crippen LogP contribution >= 0.6 is 0 Å². The Labute approximate surface area is 416 Å². The van der Waals surface area contributed by atoms with Crippen molar-refractivity contribution >= 4 is 39.0 Å². The fraction of sp³-hybridized carbons (Fsp3) is 0.0294. The molecule has 4 nitrogen and oxygen atoms in total. The molecular formula is C68H41NO3. The number of benzene rings is 11. The summed E-state index contributed by atoms with van der Waals surface area (Å²) in [6.07, 6.45) is 0. The van der Waals surface area contributed by atoms with Gasteiger partial charge in [0, 0.05) is 50.0 Å². The van der Waals surface area contributed by atoms with Crippen LogP contribution in [-0.4, -0.2) is 0 Å². The summed E-state index contributed by atoms with van der Waals surface area (Å²) < 4.78 is 19.9. The topological polar surface area (TPSA) is 34.8 Å². The zero-order chi connectivity index (χ0) is 47.1. The number of furan rings is 1. The van der Waals surface area contributed by atoms with Gasteiger partial charge in [0.25, 0.3) is 0 Å². The van der Waals surface area contributed by atoms with Crippen molar-refractivity contribution < 1.29 is 13.9 Å². The van der Waals surface area contributed by atoms with Crippen LogP contribution in [0.5, 0.6) is 23.0 Å². The maximum atomic E-state index is 6.77. The van der Waals surface area contributed by atoms with Gasteiger partial charge in [0.05, 0.1) is 16.5 Å². The summed E-state index contributed by atoms with van der Waals surface area (Å²) in [6.45, 7) is 0. The first kappa shape index (κ1) is 39.5. The molecule has 0 bridgehead atoms. The van der Waals surface area contributed by atoms with Crippen molar-refractivity contribution in [2.45, 2.75) is 10.8 Å². The molecule has 2 spiro atoms. The molecule has 2 aliphatic carbocycles. The number of rotatable bonds is 4. The highest BCUT2D eigenvalue weighted by Gasteiger charge is 2.53. The lowest BCUT2D eigenvalue weighted by Crippen LogP contribution is -2.32. The van der Waals surface area contributed by atoms with Gasteiger partial charge in [-0.25, -0.2) is 0 Å². The molecule has 0 fully saturated rings. The molecule has 0 radical (unpaired) electrons. The minimum absolute atomic E-state index is 0.631. The van der Waals surface area contributed by atoms with Gasteiger partial charge in [-0.05, 0) is 117 Å². The Hall–Kier alpha value is -9.38. The van der Waals surface area contributed by atoms with E-state index in [1.807, 2.05) is 6.07 Å². The van der Waals surface area contributed by atoms with E-state index in [-0.39, 0.29) is 0 Å². The predicted octanol–water partition coefficient (Wildman–Crippen LogP) is 17.7. The molecule has 1 aromatic heterocycles. The lowest BCUT2D eigenvalue weighted by Gasteiger charge is -2.40. The molecule has 4 aliphatic rings. The van der Waals surface area contributed by atoms with Gasteiger partial charge < -0.3 is 18.8 Å². The normalized spacial score (nSPS) is 14.3. The van der Waals surface area contributed by atoms with Crippen molar-refractivity contribution in [3.05, 3.63) is 293 Å². The summed E-state index contributed by atoms with van der Waals surface area (Å²) >= 11 is 0. The van der Waals surface area contributed by atoms with E-state index < -0.39 is 10.8 Å². The van der Waals surface area contributed by atoms with Crippen molar-refractivity contribution in [2.24, 2.45) is 0 Å². The van der Waals surface area contributed by atoms with Gasteiger partial charge in [-0.3, -0.25) is 0 Å². The zero-order valence-electron chi connectivity index (χ0n) is 38.8. The van der Waals surface area contributed by atoms with Crippen molar-refractivity contribution in [1.82, 2.24) is 0 Å². The molecular weight excluding hydrogens is 879 g/mol. The summed E-state index contributed by atoms with van der Waals surface area (Å²) in [6, 6.07) is 90.3. The average molecular weight is 920 g/mol. The highest BCUT2D eigenvalue weighted by Crippen LogP contribution is 2.66. The SMILES string of the molecule is c1ccc2c(c1)Oc1ccccc1C21c2ccccc2-c2ccc(N(c3ccc(-c4cccc5oc6ccccc6c45)cc3)c3cccc4c3-c3ccccc3C43c4ccccc4Oc4ccccc43)cc21. The first-order chi connectivity index (χ1) is 35.7. The summed E-state index contributed by atoms with van der Waals surface area (Å²) in [7, 11) is 0. The number of anilines is 3. The Morgan fingerprint density at radius 2 is 0.764 bits per heavy atom. The monoisotopic (exact) mass is 919 g/mol. The Bertz CT molecular complexity index is 4170. The lowest BCUT2D eigenvalue weighted by atomic mass is 9.66. The first-order valence-electron chi connectivity index (χ1n) is 24.7. The van der Waals surface area contributed by atoms with Crippen LogP contribution in [-0.2, 0) is 10.8 Å². The van der Waals surface area contributed by atoms with E-state index in [0.29, 0.717) is 0 Å². The molecule has 12 aromatic rings. The molecule has 0 unspecified atom stereocenters. The maximum Gasteiger partial charge on any atom is 0.136 e. The molecule has 72 heavy (non-hydrogen) atoms. The van der Waals surface area contributed by atoms with E-state index in [4.69, 9.17) is 13.9 Å². The molecule has 11 aromatic carbocycles. The van der Waals surface area contributed by atoms with Gasteiger partial charge in [-0.2, -0.15) is 0 Å². The number of fused-ring (bicyclic) bond motifs is 21. The summed E-state index contributed by atoms with van der Waals surface area (Å²) in [4.78, 5) is 2.50. The molecule has 0 N–H and O–H groups in total. The molecule has 2 aliphatic heterocycles. The van der Waals surface area contributed by atoms with E-state index in [1.54, 1.807) is 0 Å². The Morgan fingerprint density at radius 3 is 1.42 bits per heavy atom. The zero-order valence-corrected chi connectivity index (χ0v) is 38.8. The highest BCUT2D eigenvalue weighted by atomic mass is 16.5. The van der Waals surface area contributed by atoms with Gasteiger partial charge in [-0.1, -0.05) is 182 Å². The van der Waals surface area contributed by atoms with Crippen molar-refractivity contribution in [3.8, 4) is 56.4 Å². The minimum Gasteiger partial charge on any atom is -0.457 e. The molecule has 0 atom stereocenters. The van der Waals surface area contributed by atoms with Crippen molar-refractivity contribution in [3.63, 3.8) is 0 Å². The molecule has 0 saturated heterocycles. The van der Waals surface area contributed by atoms with E-state index in [2.05, 4.69) is 248 Å². The number of nitrogens with zero attached hydrogens (tertiary/aromatic N) is 1. The quantitative estimate of drug-likeness (QED) is 0.176. The molecule has 4 heteroatoms. The van der Waals surface area contributed by atoms with E-state index in [9.17, 15) is 0 Å².